The molecule has 3 heterocycles. The summed E-state index contributed by atoms with van der Waals surface area (Å²) in [6, 6.07) is 19.3. The van der Waals surface area contributed by atoms with E-state index in [1.54, 1.807) is 4.90 Å². The molecule has 3 aromatic carbocycles. The normalized spacial score (nSPS) is 21.5. The third-order valence-corrected chi connectivity index (χ3v) is 7.67. The van der Waals surface area contributed by atoms with Crippen molar-refractivity contribution in [3.05, 3.63) is 82.9 Å². The molecular weight excluding hydrogens is 444 g/mol. The highest BCUT2D eigenvalue weighted by molar-refractivity contribution is 6.11. The number of nitrogens with zero attached hydrogens (tertiary/aromatic N) is 1. The molecule has 2 amide bonds. The van der Waals surface area contributed by atoms with Gasteiger partial charge in [-0.25, -0.2) is 0 Å². The van der Waals surface area contributed by atoms with Gasteiger partial charge in [0.2, 0.25) is 12.7 Å². The highest BCUT2D eigenvalue weighted by atomic mass is 16.7. The van der Waals surface area contributed by atoms with Crippen molar-refractivity contribution in [2.75, 3.05) is 18.3 Å². The summed E-state index contributed by atoms with van der Waals surface area (Å²) in [5, 5.41) is 3.13. The molecule has 7 heteroatoms. The highest BCUT2D eigenvalue weighted by Crippen LogP contribution is 2.55. The van der Waals surface area contributed by atoms with E-state index in [0.717, 1.165) is 41.6 Å². The Morgan fingerprint density at radius 1 is 0.943 bits per heavy atom. The number of nitrogens with one attached hydrogen (secondary N) is 1. The number of rotatable bonds is 4. The summed E-state index contributed by atoms with van der Waals surface area (Å²) in [7, 11) is 0. The van der Waals surface area contributed by atoms with E-state index in [0.29, 0.717) is 29.4 Å². The van der Waals surface area contributed by atoms with Crippen molar-refractivity contribution in [2.24, 2.45) is 0 Å². The number of benzene rings is 3. The lowest BCUT2D eigenvalue weighted by Gasteiger charge is -2.27. The van der Waals surface area contributed by atoms with Crippen molar-refractivity contribution in [1.82, 2.24) is 5.32 Å². The number of amides is 2. The molecule has 1 N–H and O–H groups in total. The average molecular weight is 469 g/mol. The van der Waals surface area contributed by atoms with E-state index in [-0.39, 0.29) is 31.3 Å². The monoisotopic (exact) mass is 468 g/mol. The van der Waals surface area contributed by atoms with Crippen LogP contribution in [0.4, 0.5) is 5.69 Å². The van der Waals surface area contributed by atoms with Crippen LogP contribution in [0.1, 0.15) is 46.3 Å². The van der Waals surface area contributed by atoms with Crippen molar-refractivity contribution >= 4 is 17.5 Å². The van der Waals surface area contributed by atoms with Crippen molar-refractivity contribution in [2.45, 2.75) is 37.3 Å². The molecule has 4 aliphatic rings. The first-order chi connectivity index (χ1) is 17.1. The molecule has 35 heavy (non-hydrogen) atoms. The van der Waals surface area contributed by atoms with Crippen LogP contribution in [0.25, 0.3) is 0 Å². The second-order valence-corrected chi connectivity index (χ2v) is 9.56. The van der Waals surface area contributed by atoms with Crippen LogP contribution in [0.15, 0.2) is 60.7 Å². The third-order valence-electron chi connectivity index (χ3n) is 7.67. The van der Waals surface area contributed by atoms with Crippen molar-refractivity contribution in [1.29, 1.82) is 0 Å². The molecule has 0 aromatic heterocycles. The Bertz CT molecular complexity index is 1380. The fourth-order valence-corrected chi connectivity index (χ4v) is 5.59. The molecule has 1 saturated carbocycles. The molecule has 0 saturated heterocycles. The van der Waals surface area contributed by atoms with Crippen molar-refractivity contribution in [3.8, 4) is 17.2 Å². The van der Waals surface area contributed by atoms with Crippen LogP contribution in [-0.4, -0.2) is 31.3 Å². The van der Waals surface area contributed by atoms with E-state index >= 15 is 0 Å². The summed E-state index contributed by atoms with van der Waals surface area (Å²) < 4.78 is 17.2. The zero-order valence-electron chi connectivity index (χ0n) is 19.1. The Morgan fingerprint density at radius 2 is 1.71 bits per heavy atom. The van der Waals surface area contributed by atoms with E-state index < -0.39 is 5.41 Å². The van der Waals surface area contributed by atoms with E-state index in [9.17, 15) is 9.59 Å². The summed E-state index contributed by atoms with van der Waals surface area (Å²) in [6.07, 6.45) is 3.19. The molecule has 1 aliphatic carbocycles. The van der Waals surface area contributed by atoms with E-state index in [1.807, 2.05) is 60.7 Å². The van der Waals surface area contributed by atoms with E-state index in [1.165, 1.54) is 0 Å². The number of para-hydroxylation sites is 1. The SMILES string of the molecule is O=C(NC1CCC1)c1ccccc1CN1C(=O)C2(COc3cc4c(cc32)OCO4)c2ccccc21. The number of ether oxygens (including phenoxy) is 3. The number of anilines is 1. The van der Waals surface area contributed by atoms with Gasteiger partial charge < -0.3 is 24.4 Å². The average Bonchev–Trinajstić information content (AvgIpc) is 3.53. The van der Waals surface area contributed by atoms with Gasteiger partial charge in [0.1, 0.15) is 17.8 Å². The molecule has 7 rings (SSSR count). The predicted molar refractivity (Wildman–Crippen MR) is 128 cm³/mol. The molecule has 176 valence electrons. The minimum Gasteiger partial charge on any atom is -0.491 e. The Balaban J connectivity index is 1.28. The molecule has 3 aromatic rings. The molecule has 3 aliphatic heterocycles. The summed E-state index contributed by atoms with van der Waals surface area (Å²) in [4.78, 5) is 29.1. The van der Waals surface area contributed by atoms with Crippen LogP contribution in [-0.2, 0) is 16.8 Å². The molecule has 7 nitrogen and oxygen atoms in total. The standard InChI is InChI=1S/C28H24N2O5/c31-26(29-18-7-5-8-18)19-9-2-1-6-17(19)14-30-22-11-4-3-10-20(22)28(27(30)32)15-33-23-13-25-24(12-21(23)28)34-16-35-25/h1-4,6,9-13,18H,5,7-8,14-16H2,(H,29,31). The largest absolute Gasteiger partial charge is 0.491 e. The number of carbonyl (C=O) groups is 2. The zero-order chi connectivity index (χ0) is 23.6. The van der Waals surface area contributed by atoms with Gasteiger partial charge in [-0.15, -0.1) is 0 Å². The fourth-order valence-electron chi connectivity index (χ4n) is 5.59. The molecule has 1 unspecified atom stereocenters. The van der Waals surface area contributed by atoms with Crippen LogP contribution in [0.2, 0.25) is 0 Å². The summed E-state index contributed by atoms with van der Waals surface area (Å²) in [5.41, 5.74) is 2.99. The maximum Gasteiger partial charge on any atom is 0.251 e. The Kier molecular flexibility index (Phi) is 4.37. The Labute approximate surface area is 202 Å². The van der Waals surface area contributed by atoms with Gasteiger partial charge in [0.15, 0.2) is 11.5 Å². The summed E-state index contributed by atoms with van der Waals surface area (Å²) in [5.74, 6) is 1.74. The quantitative estimate of drug-likeness (QED) is 0.628. The van der Waals surface area contributed by atoms with Gasteiger partial charge in [-0.3, -0.25) is 9.59 Å². The maximum atomic E-state index is 14.2. The second-order valence-electron chi connectivity index (χ2n) is 9.56. The summed E-state index contributed by atoms with van der Waals surface area (Å²) >= 11 is 0. The lowest BCUT2D eigenvalue weighted by Crippen LogP contribution is -2.43. The molecule has 1 spiro atoms. The molecular formula is C28H24N2O5. The number of hydrogen-bond donors (Lipinski definition) is 1. The molecule has 1 atom stereocenters. The summed E-state index contributed by atoms with van der Waals surface area (Å²) in [6.45, 7) is 0.661. The Morgan fingerprint density at radius 3 is 2.54 bits per heavy atom. The first-order valence-corrected chi connectivity index (χ1v) is 12.0. The third kappa shape index (κ3) is 2.90. The molecule has 0 radical (unpaired) electrons. The van der Waals surface area contributed by atoms with Gasteiger partial charge in [-0.1, -0.05) is 36.4 Å². The minimum atomic E-state index is -0.962. The van der Waals surface area contributed by atoms with Crippen LogP contribution >= 0.6 is 0 Å². The van der Waals surface area contributed by atoms with Crippen molar-refractivity contribution in [3.63, 3.8) is 0 Å². The van der Waals surface area contributed by atoms with Gasteiger partial charge in [0.25, 0.3) is 5.91 Å². The highest BCUT2D eigenvalue weighted by Gasteiger charge is 2.57. The van der Waals surface area contributed by atoms with Gasteiger partial charge in [0.05, 0.1) is 6.54 Å². The van der Waals surface area contributed by atoms with Crippen LogP contribution < -0.4 is 24.4 Å². The van der Waals surface area contributed by atoms with Crippen LogP contribution in [0.3, 0.4) is 0 Å². The fraction of sp³-hybridized carbons (Fsp3) is 0.286. The Hall–Kier alpha value is -4.00. The second kappa shape index (κ2) is 7.50. The van der Waals surface area contributed by atoms with Gasteiger partial charge >= 0.3 is 0 Å². The first kappa shape index (κ1) is 20.4. The number of fused-ring (bicyclic) bond motifs is 5. The van der Waals surface area contributed by atoms with Gasteiger partial charge in [-0.05, 0) is 48.6 Å². The van der Waals surface area contributed by atoms with Gasteiger partial charge in [-0.2, -0.15) is 0 Å². The topological polar surface area (TPSA) is 77.1 Å². The van der Waals surface area contributed by atoms with Gasteiger partial charge in [0, 0.05) is 28.9 Å². The minimum absolute atomic E-state index is 0.0643. The lowest BCUT2D eigenvalue weighted by molar-refractivity contribution is -0.122. The molecule has 1 fully saturated rings. The number of hydrogen-bond acceptors (Lipinski definition) is 5. The molecule has 0 bridgehead atoms. The van der Waals surface area contributed by atoms with Crippen LogP contribution in [0, 0.1) is 0 Å². The maximum absolute atomic E-state index is 14.2. The van der Waals surface area contributed by atoms with E-state index in [2.05, 4.69) is 5.32 Å². The predicted octanol–water partition coefficient (Wildman–Crippen LogP) is 3.92. The smallest absolute Gasteiger partial charge is 0.251 e. The van der Waals surface area contributed by atoms with E-state index in [4.69, 9.17) is 14.2 Å². The first-order valence-electron chi connectivity index (χ1n) is 12.0. The van der Waals surface area contributed by atoms with Crippen LogP contribution in [0.5, 0.6) is 17.2 Å². The number of carbonyl (C=O) groups excluding carboxylic acids is 2. The van der Waals surface area contributed by atoms with Crippen molar-refractivity contribution < 1.29 is 23.8 Å². The lowest BCUT2D eigenvalue weighted by atomic mass is 9.77. The zero-order valence-corrected chi connectivity index (χ0v) is 19.1.